The van der Waals surface area contributed by atoms with E-state index in [0.29, 0.717) is 6.04 Å². The normalized spacial score (nSPS) is 20.1. The van der Waals surface area contributed by atoms with Crippen molar-refractivity contribution in [2.45, 2.75) is 84.2 Å². The highest BCUT2D eigenvalue weighted by molar-refractivity contribution is 5.76. The number of rotatable bonds is 8. The molecule has 2 aliphatic rings. The molecule has 0 amide bonds. The third-order valence-corrected chi connectivity index (χ3v) is 8.07. The van der Waals surface area contributed by atoms with Gasteiger partial charge in [0.2, 0.25) is 0 Å². The van der Waals surface area contributed by atoms with Gasteiger partial charge in [0.25, 0.3) is 0 Å². The molecule has 0 unspecified atom stereocenters. The quantitative estimate of drug-likeness (QED) is 0.570. The number of likely N-dealkylation sites (N-methyl/N-ethyl adjacent to an activating group) is 1. The van der Waals surface area contributed by atoms with E-state index >= 15 is 0 Å². The minimum Gasteiger partial charge on any atom is -0.303 e. The van der Waals surface area contributed by atoms with Gasteiger partial charge in [-0.05, 0) is 56.8 Å². The second-order valence-electron chi connectivity index (χ2n) is 10.1. The van der Waals surface area contributed by atoms with E-state index in [1.165, 1.54) is 51.5 Å². The summed E-state index contributed by atoms with van der Waals surface area (Å²) in [4.78, 5) is 18.6. The molecule has 0 atom stereocenters. The number of likely N-dealkylation sites (tertiary alicyclic amines) is 1. The molecule has 1 aliphatic heterocycles. The molecule has 32 heavy (non-hydrogen) atoms. The van der Waals surface area contributed by atoms with E-state index in [0.717, 1.165) is 69.1 Å². The lowest BCUT2D eigenvalue weighted by Crippen LogP contribution is -2.40. The van der Waals surface area contributed by atoms with E-state index in [4.69, 9.17) is 0 Å². The zero-order valence-corrected chi connectivity index (χ0v) is 20.5. The van der Waals surface area contributed by atoms with Crippen LogP contribution in [0, 0.1) is 5.92 Å². The lowest BCUT2D eigenvalue weighted by molar-refractivity contribution is 0.151. The van der Waals surface area contributed by atoms with E-state index in [9.17, 15) is 4.79 Å². The first kappa shape index (κ1) is 23.6. The Balaban J connectivity index is 1.44. The van der Waals surface area contributed by atoms with Crippen LogP contribution in [0.5, 0.6) is 0 Å². The van der Waals surface area contributed by atoms with E-state index in [2.05, 4.69) is 52.5 Å². The molecule has 1 saturated heterocycles. The molecule has 0 N–H and O–H groups in total. The standard InChI is InChI=1S/C27H44N4O/c1-3-28(4-2)20-21-30-25-14-10-11-15-26(25)31(27(30)32)24-16-18-29(19-17-24)22-23-12-8-6-5-7-9-13-23/h10-11,14-15,23-24H,3-9,12-13,16-22H2,1-2H3. The van der Waals surface area contributed by atoms with Gasteiger partial charge in [-0.25, -0.2) is 4.79 Å². The van der Waals surface area contributed by atoms with Crippen molar-refractivity contribution in [2.75, 3.05) is 39.3 Å². The fraction of sp³-hybridized carbons (Fsp3) is 0.741. The average molecular weight is 441 g/mol. The molecule has 0 bridgehead atoms. The molecule has 1 saturated carbocycles. The number of hydrogen-bond acceptors (Lipinski definition) is 3. The molecule has 0 spiro atoms. The van der Waals surface area contributed by atoms with Crippen LogP contribution in [0.3, 0.4) is 0 Å². The number of hydrogen-bond donors (Lipinski definition) is 0. The first-order chi connectivity index (χ1) is 15.7. The molecule has 2 fully saturated rings. The first-order valence-electron chi connectivity index (χ1n) is 13.4. The molecular formula is C27H44N4O. The number of benzene rings is 1. The summed E-state index contributed by atoms with van der Waals surface area (Å²) >= 11 is 0. The van der Waals surface area contributed by atoms with Gasteiger partial charge in [0.1, 0.15) is 0 Å². The van der Waals surface area contributed by atoms with E-state index in [-0.39, 0.29) is 5.69 Å². The van der Waals surface area contributed by atoms with Crippen molar-refractivity contribution in [3.05, 3.63) is 34.7 Å². The van der Waals surface area contributed by atoms with Crippen molar-refractivity contribution in [3.63, 3.8) is 0 Å². The van der Waals surface area contributed by atoms with E-state index in [1.807, 2.05) is 4.57 Å². The molecular weight excluding hydrogens is 396 g/mol. The highest BCUT2D eigenvalue weighted by atomic mass is 16.1. The first-order valence-corrected chi connectivity index (χ1v) is 13.4. The van der Waals surface area contributed by atoms with Crippen LogP contribution < -0.4 is 5.69 Å². The predicted molar refractivity (Wildman–Crippen MR) is 135 cm³/mol. The Morgan fingerprint density at radius 3 is 2.16 bits per heavy atom. The van der Waals surface area contributed by atoms with Crippen LogP contribution >= 0.6 is 0 Å². The van der Waals surface area contributed by atoms with Crippen molar-refractivity contribution in [1.82, 2.24) is 18.9 Å². The van der Waals surface area contributed by atoms with Gasteiger partial charge >= 0.3 is 5.69 Å². The Bertz CT molecular complexity index is 881. The lowest BCUT2D eigenvalue weighted by atomic mass is 9.90. The van der Waals surface area contributed by atoms with Crippen molar-refractivity contribution in [3.8, 4) is 0 Å². The van der Waals surface area contributed by atoms with Gasteiger partial charge in [0.05, 0.1) is 11.0 Å². The summed E-state index contributed by atoms with van der Waals surface area (Å²) in [6.45, 7) is 11.7. The van der Waals surface area contributed by atoms with Gasteiger partial charge in [0.15, 0.2) is 0 Å². The second-order valence-corrected chi connectivity index (χ2v) is 10.1. The summed E-state index contributed by atoms with van der Waals surface area (Å²) in [6.07, 6.45) is 12.2. The molecule has 1 aliphatic carbocycles. The van der Waals surface area contributed by atoms with Gasteiger partial charge in [-0.3, -0.25) is 9.13 Å². The minimum absolute atomic E-state index is 0.192. The van der Waals surface area contributed by atoms with Crippen LogP contribution in [0.2, 0.25) is 0 Å². The fourth-order valence-corrected chi connectivity index (χ4v) is 6.03. The number of aromatic nitrogens is 2. The van der Waals surface area contributed by atoms with Gasteiger partial charge in [-0.1, -0.05) is 58.1 Å². The van der Waals surface area contributed by atoms with Crippen molar-refractivity contribution in [2.24, 2.45) is 5.92 Å². The maximum atomic E-state index is 13.5. The summed E-state index contributed by atoms with van der Waals surface area (Å²) < 4.78 is 4.15. The van der Waals surface area contributed by atoms with Crippen LogP contribution in [0.4, 0.5) is 0 Å². The largest absolute Gasteiger partial charge is 0.329 e. The van der Waals surface area contributed by atoms with E-state index < -0.39 is 0 Å². The SMILES string of the molecule is CCN(CC)CCn1c(=O)n(C2CCN(CC3CCCCCCC3)CC2)c2ccccc21. The molecule has 178 valence electrons. The minimum atomic E-state index is 0.192. The van der Waals surface area contributed by atoms with Gasteiger partial charge in [-0.2, -0.15) is 0 Å². The van der Waals surface area contributed by atoms with Crippen LogP contribution in [-0.4, -0.2) is 58.2 Å². The number of imidazole rings is 1. The molecule has 5 nitrogen and oxygen atoms in total. The maximum absolute atomic E-state index is 13.5. The van der Waals surface area contributed by atoms with Crippen molar-refractivity contribution < 1.29 is 0 Å². The molecule has 0 radical (unpaired) electrons. The molecule has 2 aromatic rings. The molecule has 4 rings (SSSR count). The molecule has 1 aromatic heterocycles. The summed E-state index contributed by atoms with van der Waals surface area (Å²) in [5, 5.41) is 0. The average Bonchev–Trinajstić information content (AvgIpc) is 3.08. The van der Waals surface area contributed by atoms with Crippen LogP contribution in [0.25, 0.3) is 11.0 Å². The number of piperidine rings is 1. The van der Waals surface area contributed by atoms with Gasteiger partial charge in [0, 0.05) is 38.8 Å². The third-order valence-electron chi connectivity index (χ3n) is 8.07. The molecule has 2 heterocycles. The highest BCUT2D eigenvalue weighted by Gasteiger charge is 2.26. The van der Waals surface area contributed by atoms with Gasteiger partial charge in [-0.15, -0.1) is 0 Å². The Morgan fingerprint density at radius 2 is 1.50 bits per heavy atom. The number of nitrogens with zero attached hydrogens (tertiary/aromatic N) is 4. The Morgan fingerprint density at radius 1 is 0.875 bits per heavy atom. The Labute approximate surface area is 194 Å². The second kappa shape index (κ2) is 11.5. The molecule has 1 aromatic carbocycles. The Hall–Kier alpha value is -1.59. The monoisotopic (exact) mass is 440 g/mol. The zero-order chi connectivity index (χ0) is 22.3. The van der Waals surface area contributed by atoms with Crippen LogP contribution in [0.1, 0.15) is 77.7 Å². The summed E-state index contributed by atoms with van der Waals surface area (Å²) in [5.41, 5.74) is 2.41. The summed E-state index contributed by atoms with van der Waals surface area (Å²) in [6, 6.07) is 8.75. The summed E-state index contributed by atoms with van der Waals surface area (Å²) in [7, 11) is 0. The number of para-hydroxylation sites is 2. The van der Waals surface area contributed by atoms with E-state index in [1.54, 1.807) is 0 Å². The van der Waals surface area contributed by atoms with Crippen molar-refractivity contribution in [1.29, 1.82) is 0 Å². The summed E-state index contributed by atoms with van der Waals surface area (Å²) in [5.74, 6) is 0.886. The smallest absolute Gasteiger partial charge is 0.303 e. The third kappa shape index (κ3) is 5.48. The lowest BCUT2D eigenvalue weighted by Gasteiger charge is -2.35. The predicted octanol–water partition coefficient (Wildman–Crippen LogP) is 5.14. The topological polar surface area (TPSA) is 33.4 Å². The van der Waals surface area contributed by atoms with Crippen LogP contribution in [0.15, 0.2) is 29.1 Å². The van der Waals surface area contributed by atoms with Crippen LogP contribution in [-0.2, 0) is 6.54 Å². The number of fused-ring (bicyclic) bond motifs is 1. The fourth-order valence-electron chi connectivity index (χ4n) is 6.03. The maximum Gasteiger partial charge on any atom is 0.329 e. The van der Waals surface area contributed by atoms with Gasteiger partial charge < -0.3 is 9.80 Å². The zero-order valence-electron chi connectivity index (χ0n) is 20.5. The van der Waals surface area contributed by atoms with Crippen molar-refractivity contribution >= 4 is 11.0 Å². The highest BCUT2D eigenvalue weighted by Crippen LogP contribution is 2.28. The Kier molecular flexibility index (Phi) is 8.48. The molecule has 5 heteroatoms.